The van der Waals surface area contributed by atoms with Crippen LogP contribution < -0.4 is 15.4 Å². The van der Waals surface area contributed by atoms with E-state index in [2.05, 4.69) is 10.6 Å². The zero-order valence-corrected chi connectivity index (χ0v) is 15.6. The van der Waals surface area contributed by atoms with Crippen molar-refractivity contribution in [2.75, 3.05) is 13.2 Å². The molecule has 1 aromatic carbocycles. The summed E-state index contributed by atoms with van der Waals surface area (Å²) in [5.41, 5.74) is 2.47. The molecule has 0 spiro atoms. The molecule has 0 radical (unpaired) electrons. The number of urea groups is 1. The number of nitrogens with one attached hydrogen (secondary N) is 2. The largest absolute Gasteiger partial charge is 0.481 e. The molecular weight excluding hydrogens is 324 g/mol. The molecule has 1 aromatic rings. The summed E-state index contributed by atoms with van der Waals surface area (Å²) in [6.45, 7) is 10.2. The summed E-state index contributed by atoms with van der Waals surface area (Å²) < 4.78 is 10.3. The van der Waals surface area contributed by atoms with Gasteiger partial charge in [0.15, 0.2) is 13.2 Å². The number of benzene rings is 1. The van der Waals surface area contributed by atoms with Crippen molar-refractivity contribution in [2.45, 2.75) is 47.1 Å². The maximum absolute atomic E-state index is 11.7. The quantitative estimate of drug-likeness (QED) is 0.794. The molecule has 0 bridgehead atoms. The normalized spacial score (nSPS) is 10.8. The third-order valence-corrected chi connectivity index (χ3v) is 3.04. The first-order valence-electron chi connectivity index (χ1n) is 7.96. The zero-order chi connectivity index (χ0) is 19.2. The van der Waals surface area contributed by atoms with Crippen molar-refractivity contribution in [2.24, 2.45) is 0 Å². The van der Waals surface area contributed by atoms with Crippen LogP contribution in [-0.4, -0.2) is 36.7 Å². The second kappa shape index (κ2) is 8.50. The number of rotatable bonds is 5. The maximum Gasteiger partial charge on any atom is 0.344 e. The molecule has 0 aliphatic carbocycles. The van der Waals surface area contributed by atoms with Crippen molar-refractivity contribution >= 4 is 17.9 Å². The number of hydrogen-bond donors (Lipinski definition) is 2. The highest BCUT2D eigenvalue weighted by Gasteiger charge is 2.17. The summed E-state index contributed by atoms with van der Waals surface area (Å²) in [6.07, 6.45) is 0. The van der Waals surface area contributed by atoms with Crippen LogP contribution in [0.5, 0.6) is 5.75 Å². The Morgan fingerprint density at radius 2 is 1.56 bits per heavy atom. The summed E-state index contributed by atoms with van der Waals surface area (Å²) in [6, 6.07) is 3.26. The Bertz CT molecular complexity index is 639. The lowest BCUT2D eigenvalue weighted by molar-refractivity contribution is -0.150. The van der Waals surface area contributed by atoms with E-state index in [9.17, 15) is 14.4 Å². The van der Waals surface area contributed by atoms with E-state index < -0.39 is 30.1 Å². The van der Waals surface area contributed by atoms with Gasteiger partial charge in [0.25, 0.3) is 5.91 Å². The number of esters is 1. The molecule has 25 heavy (non-hydrogen) atoms. The standard InChI is InChI=1S/C18H26N2O5/c1-11-7-12(2)16(13(3)8-11)25-10-15(22)24-9-14(21)19-17(23)20-18(4,5)6/h7-8H,9-10H2,1-6H3,(H2,19,20,21,23). The third-order valence-electron chi connectivity index (χ3n) is 3.04. The van der Waals surface area contributed by atoms with Crippen LogP contribution in [0.4, 0.5) is 4.79 Å². The van der Waals surface area contributed by atoms with Gasteiger partial charge in [0, 0.05) is 5.54 Å². The van der Waals surface area contributed by atoms with Crippen LogP contribution in [-0.2, 0) is 14.3 Å². The summed E-state index contributed by atoms with van der Waals surface area (Å²) in [7, 11) is 0. The average molecular weight is 350 g/mol. The summed E-state index contributed by atoms with van der Waals surface area (Å²) in [5, 5.41) is 4.65. The molecule has 0 unspecified atom stereocenters. The lowest BCUT2D eigenvalue weighted by atomic mass is 10.1. The van der Waals surface area contributed by atoms with Gasteiger partial charge in [-0.25, -0.2) is 9.59 Å². The number of carbonyl (C=O) groups is 3. The van der Waals surface area contributed by atoms with Gasteiger partial charge in [-0.3, -0.25) is 10.1 Å². The minimum atomic E-state index is -0.710. The molecule has 7 nitrogen and oxygen atoms in total. The fourth-order valence-electron chi connectivity index (χ4n) is 2.25. The summed E-state index contributed by atoms with van der Waals surface area (Å²) in [4.78, 5) is 34.8. The number of carbonyl (C=O) groups excluding carboxylic acids is 3. The predicted molar refractivity (Wildman–Crippen MR) is 93.5 cm³/mol. The van der Waals surface area contributed by atoms with E-state index in [1.807, 2.05) is 32.9 Å². The third kappa shape index (κ3) is 7.69. The van der Waals surface area contributed by atoms with E-state index in [4.69, 9.17) is 9.47 Å². The predicted octanol–water partition coefficient (Wildman–Crippen LogP) is 2.16. The smallest absolute Gasteiger partial charge is 0.344 e. The van der Waals surface area contributed by atoms with Crippen molar-refractivity contribution < 1.29 is 23.9 Å². The van der Waals surface area contributed by atoms with Crippen LogP contribution in [0.2, 0.25) is 0 Å². The molecule has 0 aromatic heterocycles. The van der Waals surface area contributed by atoms with Crippen molar-refractivity contribution in [3.63, 3.8) is 0 Å². The molecule has 1 rings (SSSR count). The highest BCUT2D eigenvalue weighted by atomic mass is 16.6. The molecule has 0 atom stereocenters. The van der Waals surface area contributed by atoms with Crippen molar-refractivity contribution in [1.82, 2.24) is 10.6 Å². The van der Waals surface area contributed by atoms with Crippen LogP contribution in [0, 0.1) is 20.8 Å². The molecule has 0 aliphatic rings. The monoisotopic (exact) mass is 350 g/mol. The minimum absolute atomic E-state index is 0.313. The van der Waals surface area contributed by atoms with Crippen LogP contribution in [0.15, 0.2) is 12.1 Å². The SMILES string of the molecule is Cc1cc(C)c(OCC(=O)OCC(=O)NC(=O)NC(C)(C)C)c(C)c1. The molecular formula is C18H26N2O5. The highest BCUT2D eigenvalue weighted by molar-refractivity contribution is 5.95. The first-order valence-corrected chi connectivity index (χ1v) is 7.96. The summed E-state index contributed by atoms with van der Waals surface area (Å²) >= 11 is 0. The molecule has 0 heterocycles. The van der Waals surface area contributed by atoms with Gasteiger partial charge in [-0.1, -0.05) is 17.7 Å². The van der Waals surface area contributed by atoms with E-state index in [1.165, 1.54) is 0 Å². The fourth-order valence-corrected chi connectivity index (χ4v) is 2.25. The topological polar surface area (TPSA) is 93.7 Å². The molecule has 0 saturated carbocycles. The Balaban J connectivity index is 2.41. The Morgan fingerprint density at radius 3 is 2.08 bits per heavy atom. The first kappa shape index (κ1) is 20.5. The van der Waals surface area contributed by atoms with Gasteiger partial charge in [-0.15, -0.1) is 0 Å². The van der Waals surface area contributed by atoms with Gasteiger partial charge in [-0.2, -0.15) is 0 Å². The van der Waals surface area contributed by atoms with Crippen molar-refractivity contribution in [1.29, 1.82) is 0 Å². The molecule has 2 N–H and O–H groups in total. The molecule has 0 fully saturated rings. The molecule has 0 saturated heterocycles. The Kier molecular flexibility index (Phi) is 6.97. The number of amides is 3. The van der Waals surface area contributed by atoms with Gasteiger partial charge < -0.3 is 14.8 Å². The van der Waals surface area contributed by atoms with E-state index in [-0.39, 0.29) is 6.61 Å². The van der Waals surface area contributed by atoms with Crippen molar-refractivity contribution in [3.8, 4) is 5.75 Å². The number of hydrogen-bond acceptors (Lipinski definition) is 5. The van der Waals surface area contributed by atoms with Gasteiger partial charge in [0.2, 0.25) is 0 Å². The van der Waals surface area contributed by atoms with Crippen LogP contribution in [0.25, 0.3) is 0 Å². The van der Waals surface area contributed by atoms with Crippen LogP contribution in [0.3, 0.4) is 0 Å². The number of ether oxygens (including phenoxy) is 2. The lowest BCUT2D eigenvalue weighted by Gasteiger charge is -2.20. The van der Waals surface area contributed by atoms with Gasteiger partial charge in [-0.05, 0) is 52.7 Å². The Hall–Kier alpha value is -2.57. The lowest BCUT2D eigenvalue weighted by Crippen LogP contribution is -2.49. The Morgan fingerprint density at radius 1 is 1.00 bits per heavy atom. The van der Waals surface area contributed by atoms with E-state index in [0.717, 1.165) is 16.7 Å². The van der Waals surface area contributed by atoms with Gasteiger partial charge >= 0.3 is 12.0 Å². The summed E-state index contributed by atoms with van der Waals surface area (Å²) in [5.74, 6) is -0.778. The van der Waals surface area contributed by atoms with E-state index in [1.54, 1.807) is 20.8 Å². The average Bonchev–Trinajstić information content (AvgIpc) is 2.41. The van der Waals surface area contributed by atoms with E-state index >= 15 is 0 Å². The first-order chi connectivity index (χ1) is 11.5. The molecule has 7 heteroatoms. The van der Waals surface area contributed by atoms with Gasteiger partial charge in [0.1, 0.15) is 5.75 Å². The second-order valence-electron chi connectivity index (χ2n) is 6.93. The fraction of sp³-hybridized carbons (Fsp3) is 0.500. The number of aryl methyl sites for hydroxylation is 3. The minimum Gasteiger partial charge on any atom is -0.481 e. The van der Waals surface area contributed by atoms with Gasteiger partial charge in [0.05, 0.1) is 0 Å². The zero-order valence-electron chi connectivity index (χ0n) is 15.6. The van der Waals surface area contributed by atoms with Crippen LogP contribution >= 0.6 is 0 Å². The second-order valence-corrected chi connectivity index (χ2v) is 6.93. The molecule has 138 valence electrons. The Labute approximate surface area is 148 Å². The maximum atomic E-state index is 11.7. The number of imide groups is 1. The molecule has 3 amide bonds. The highest BCUT2D eigenvalue weighted by Crippen LogP contribution is 2.24. The van der Waals surface area contributed by atoms with E-state index in [0.29, 0.717) is 5.75 Å². The van der Waals surface area contributed by atoms with Crippen LogP contribution in [0.1, 0.15) is 37.5 Å². The molecule has 0 aliphatic heterocycles. The van der Waals surface area contributed by atoms with Crippen molar-refractivity contribution in [3.05, 3.63) is 28.8 Å².